The third-order valence-electron chi connectivity index (χ3n) is 4.18. The zero-order chi connectivity index (χ0) is 19.2. The number of amides is 1. The fourth-order valence-corrected chi connectivity index (χ4v) is 2.80. The molecule has 0 radical (unpaired) electrons. The van der Waals surface area contributed by atoms with Gasteiger partial charge in [0, 0.05) is 24.7 Å². The topological polar surface area (TPSA) is 59.5 Å². The Hall–Kier alpha value is -3.28. The molecule has 6 heteroatoms. The van der Waals surface area contributed by atoms with Crippen molar-refractivity contribution in [2.45, 2.75) is 13.5 Å². The van der Waals surface area contributed by atoms with Crippen LogP contribution in [0.4, 0.5) is 4.39 Å². The zero-order valence-corrected chi connectivity index (χ0v) is 14.9. The minimum absolute atomic E-state index is 0.250. The molecule has 0 fully saturated rings. The minimum atomic E-state index is -0.602. The number of esters is 1. The van der Waals surface area contributed by atoms with Crippen LogP contribution in [0.5, 0.6) is 0 Å². The molecule has 0 aliphatic heterocycles. The molecule has 0 aliphatic rings. The van der Waals surface area contributed by atoms with Crippen LogP contribution in [0.2, 0.25) is 0 Å². The van der Waals surface area contributed by atoms with E-state index in [0.717, 1.165) is 5.39 Å². The van der Waals surface area contributed by atoms with Crippen LogP contribution in [-0.2, 0) is 16.1 Å². The van der Waals surface area contributed by atoms with Crippen LogP contribution in [-0.4, -0.2) is 34.9 Å². The molecule has 138 valence electrons. The number of benzene rings is 2. The number of rotatable bonds is 6. The average Bonchev–Trinajstić information content (AvgIpc) is 2.69. The van der Waals surface area contributed by atoms with Crippen LogP contribution in [0.3, 0.4) is 0 Å². The first-order valence-corrected chi connectivity index (χ1v) is 8.61. The summed E-state index contributed by atoms with van der Waals surface area (Å²) < 4.78 is 18.5. The predicted molar refractivity (Wildman–Crippen MR) is 99.5 cm³/mol. The summed E-state index contributed by atoms with van der Waals surface area (Å²) in [5, 5.41) is 0.819. The molecule has 1 amide bonds. The predicted octanol–water partition coefficient (Wildman–Crippen LogP) is 3.58. The first-order chi connectivity index (χ1) is 13.1. The summed E-state index contributed by atoms with van der Waals surface area (Å²) in [6.45, 7) is 2.10. The van der Waals surface area contributed by atoms with Gasteiger partial charge in [0.2, 0.25) is 0 Å². The van der Waals surface area contributed by atoms with Crippen LogP contribution in [0.15, 0.2) is 60.8 Å². The highest BCUT2D eigenvalue weighted by Gasteiger charge is 2.17. The first kappa shape index (κ1) is 18.5. The SMILES string of the molecule is CCN(Cc1cccc(F)c1)C(=O)COC(=O)c1cccc2cccnc12. The molecule has 0 saturated carbocycles. The Bertz CT molecular complexity index is 969. The second-order valence-electron chi connectivity index (χ2n) is 5.99. The third-order valence-corrected chi connectivity index (χ3v) is 4.18. The number of carbonyl (C=O) groups is 2. The maximum atomic E-state index is 13.3. The van der Waals surface area contributed by atoms with E-state index in [0.29, 0.717) is 23.2 Å². The van der Waals surface area contributed by atoms with Crippen LogP contribution in [0.25, 0.3) is 10.9 Å². The van der Waals surface area contributed by atoms with E-state index in [-0.39, 0.29) is 24.9 Å². The Morgan fingerprint density at radius 2 is 1.89 bits per heavy atom. The summed E-state index contributed by atoms with van der Waals surface area (Å²) in [5.74, 6) is -1.30. The van der Waals surface area contributed by atoms with Gasteiger partial charge >= 0.3 is 5.97 Å². The lowest BCUT2D eigenvalue weighted by atomic mass is 10.1. The Kier molecular flexibility index (Phi) is 5.76. The van der Waals surface area contributed by atoms with Gasteiger partial charge in [-0.15, -0.1) is 0 Å². The lowest BCUT2D eigenvalue weighted by molar-refractivity contribution is -0.134. The second-order valence-corrected chi connectivity index (χ2v) is 5.99. The number of halogens is 1. The number of ether oxygens (including phenoxy) is 1. The maximum absolute atomic E-state index is 13.3. The molecule has 3 aromatic rings. The standard InChI is InChI=1S/C21H19FN2O3/c1-2-24(13-15-6-3-9-17(22)12-15)19(25)14-27-21(26)18-10-4-7-16-8-5-11-23-20(16)18/h3-12H,2,13-14H2,1H3. The summed E-state index contributed by atoms with van der Waals surface area (Å²) in [7, 11) is 0. The number of aromatic nitrogens is 1. The Labute approximate surface area is 156 Å². The molecule has 0 N–H and O–H groups in total. The Morgan fingerprint density at radius 3 is 2.67 bits per heavy atom. The van der Waals surface area contributed by atoms with Crippen molar-refractivity contribution in [1.82, 2.24) is 9.88 Å². The molecule has 0 bridgehead atoms. The maximum Gasteiger partial charge on any atom is 0.340 e. The van der Waals surface area contributed by atoms with Gasteiger partial charge in [0.25, 0.3) is 5.91 Å². The molecule has 2 aromatic carbocycles. The highest BCUT2D eigenvalue weighted by atomic mass is 19.1. The number of fused-ring (bicyclic) bond motifs is 1. The van der Waals surface area contributed by atoms with Gasteiger partial charge in [-0.1, -0.05) is 30.3 Å². The van der Waals surface area contributed by atoms with E-state index in [1.54, 1.807) is 36.5 Å². The van der Waals surface area contributed by atoms with Crippen molar-refractivity contribution in [3.63, 3.8) is 0 Å². The molecule has 5 nitrogen and oxygen atoms in total. The van der Waals surface area contributed by atoms with Crippen LogP contribution < -0.4 is 0 Å². The van der Waals surface area contributed by atoms with Gasteiger partial charge in [-0.25, -0.2) is 9.18 Å². The summed E-state index contributed by atoms with van der Waals surface area (Å²) in [6, 6.07) is 14.9. The molecular formula is C21H19FN2O3. The molecule has 3 rings (SSSR count). The number of likely N-dealkylation sites (N-methyl/N-ethyl adjacent to an activating group) is 1. The van der Waals surface area contributed by atoms with Crippen LogP contribution in [0.1, 0.15) is 22.8 Å². The molecule has 1 heterocycles. The highest BCUT2D eigenvalue weighted by molar-refractivity contribution is 6.03. The molecule has 0 atom stereocenters. The number of hydrogen-bond donors (Lipinski definition) is 0. The van der Waals surface area contributed by atoms with Crippen molar-refractivity contribution in [1.29, 1.82) is 0 Å². The molecule has 0 saturated heterocycles. The summed E-state index contributed by atoms with van der Waals surface area (Å²) >= 11 is 0. The van der Waals surface area contributed by atoms with Crippen molar-refractivity contribution in [3.05, 3.63) is 77.7 Å². The lowest BCUT2D eigenvalue weighted by Crippen LogP contribution is -2.34. The molecule has 27 heavy (non-hydrogen) atoms. The van der Waals surface area contributed by atoms with Crippen LogP contribution >= 0.6 is 0 Å². The highest BCUT2D eigenvalue weighted by Crippen LogP contribution is 2.17. The van der Waals surface area contributed by atoms with Gasteiger partial charge in [0.05, 0.1) is 11.1 Å². The third kappa shape index (κ3) is 4.47. The van der Waals surface area contributed by atoms with E-state index < -0.39 is 5.97 Å². The minimum Gasteiger partial charge on any atom is -0.452 e. The summed E-state index contributed by atoms with van der Waals surface area (Å²) in [5.41, 5.74) is 1.52. The van der Waals surface area contributed by atoms with Crippen LogP contribution in [0, 0.1) is 5.82 Å². The number of para-hydroxylation sites is 1. The monoisotopic (exact) mass is 366 g/mol. The van der Waals surface area contributed by atoms with E-state index in [9.17, 15) is 14.0 Å². The summed E-state index contributed by atoms with van der Waals surface area (Å²) in [6.07, 6.45) is 1.60. The number of carbonyl (C=O) groups excluding carboxylic acids is 2. The van der Waals surface area contributed by atoms with Gasteiger partial charge in [-0.3, -0.25) is 9.78 Å². The van der Waals surface area contributed by atoms with Gasteiger partial charge in [-0.2, -0.15) is 0 Å². The molecule has 0 spiro atoms. The second kappa shape index (κ2) is 8.40. The summed E-state index contributed by atoms with van der Waals surface area (Å²) in [4.78, 5) is 30.5. The van der Waals surface area contributed by atoms with E-state index in [1.165, 1.54) is 17.0 Å². The normalized spacial score (nSPS) is 10.6. The number of hydrogen-bond acceptors (Lipinski definition) is 4. The largest absolute Gasteiger partial charge is 0.452 e. The smallest absolute Gasteiger partial charge is 0.340 e. The Balaban J connectivity index is 1.65. The average molecular weight is 366 g/mol. The van der Waals surface area contributed by atoms with Crippen molar-refractivity contribution < 1.29 is 18.7 Å². The van der Waals surface area contributed by atoms with E-state index in [4.69, 9.17) is 4.74 Å². The number of pyridine rings is 1. The van der Waals surface area contributed by atoms with Crippen molar-refractivity contribution >= 4 is 22.8 Å². The van der Waals surface area contributed by atoms with Crippen molar-refractivity contribution in [3.8, 4) is 0 Å². The lowest BCUT2D eigenvalue weighted by Gasteiger charge is -2.21. The first-order valence-electron chi connectivity index (χ1n) is 8.61. The van der Waals surface area contributed by atoms with E-state index in [1.807, 2.05) is 19.1 Å². The fraction of sp³-hybridized carbons (Fsp3) is 0.190. The van der Waals surface area contributed by atoms with Gasteiger partial charge in [-0.05, 0) is 36.8 Å². The molecule has 0 unspecified atom stereocenters. The van der Waals surface area contributed by atoms with Gasteiger partial charge < -0.3 is 9.64 Å². The quantitative estimate of drug-likeness (QED) is 0.626. The van der Waals surface area contributed by atoms with Gasteiger partial charge in [0.15, 0.2) is 6.61 Å². The van der Waals surface area contributed by atoms with Crippen molar-refractivity contribution in [2.24, 2.45) is 0 Å². The zero-order valence-electron chi connectivity index (χ0n) is 14.9. The fourth-order valence-electron chi connectivity index (χ4n) is 2.80. The van der Waals surface area contributed by atoms with E-state index >= 15 is 0 Å². The van der Waals surface area contributed by atoms with E-state index in [2.05, 4.69) is 4.98 Å². The Morgan fingerprint density at radius 1 is 1.11 bits per heavy atom. The number of nitrogens with zero attached hydrogens (tertiary/aromatic N) is 2. The molecule has 1 aromatic heterocycles. The van der Waals surface area contributed by atoms with Crippen molar-refractivity contribution in [2.75, 3.05) is 13.2 Å². The molecule has 0 aliphatic carbocycles. The van der Waals surface area contributed by atoms with Gasteiger partial charge in [0.1, 0.15) is 5.82 Å². The molecular weight excluding hydrogens is 347 g/mol.